The molecule has 1 aliphatic rings. The van der Waals surface area contributed by atoms with Crippen LogP contribution in [-0.2, 0) is 12.8 Å². The van der Waals surface area contributed by atoms with Crippen molar-refractivity contribution in [1.82, 2.24) is 9.97 Å². The molecular formula is C10H16ClN3. The number of H-pyrrole nitrogens is 1. The Morgan fingerprint density at radius 1 is 1.36 bits per heavy atom. The Hall–Kier alpha value is -0.700. The summed E-state index contributed by atoms with van der Waals surface area (Å²) in [5.41, 5.74) is 2.58. The van der Waals surface area contributed by atoms with Crippen molar-refractivity contribution >= 4 is 17.5 Å². The standard InChI is InChI=1S/C10H16ClN3/c11-6-3-7-12-10-13-8-4-1-2-5-9(8)14-10/h1-7H2,(H2,12,13,14). The number of aryl methyl sites for hydroxylation is 2. The lowest BCUT2D eigenvalue weighted by molar-refractivity contribution is 0.667. The van der Waals surface area contributed by atoms with Gasteiger partial charge < -0.3 is 10.3 Å². The lowest BCUT2D eigenvalue weighted by atomic mass is 10.0. The van der Waals surface area contributed by atoms with Crippen molar-refractivity contribution in [2.75, 3.05) is 17.7 Å². The van der Waals surface area contributed by atoms with Gasteiger partial charge in [-0.1, -0.05) is 0 Å². The first-order valence-electron chi connectivity index (χ1n) is 5.28. The first-order chi connectivity index (χ1) is 6.90. The fraction of sp³-hybridized carbons (Fsp3) is 0.700. The maximum Gasteiger partial charge on any atom is 0.200 e. The van der Waals surface area contributed by atoms with Crippen molar-refractivity contribution in [1.29, 1.82) is 0 Å². The normalized spacial score (nSPS) is 15.2. The SMILES string of the molecule is ClCCCNc1nc2c([nH]1)CCCC2. The summed E-state index contributed by atoms with van der Waals surface area (Å²) < 4.78 is 0. The molecule has 0 aromatic carbocycles. The number of imidazole rings is 1. The minimum atomic E-state index is 0.702. The molecule has 0 amide bonds. The van der Waals surface area contributed by atoms with E-state index in [1.807, 2.05) is 0 Å². The van der Waals surface area contributed by atoms with E-state index in [1.54, 1.807) is 0 Å². The van der Waals surface area contributed by atoms with E-state index in [0.717, 1.165) is 31.8 Å². The Morgan fingerprint density at radius 2 is 2.21 bits per heavy atom. The largest absolute Gasteiger partial charge is 0.356 e. The summed E-state index contributed by atoms with van der Waals surface area (Å²) in [4.78, 5) is 7.84. The Morgan fingerprint density at radius 3 is 3.00 bits per heavy atom. The first-order valence-corrected chi connectivity index (χ1v) is 5.81. The van der Waals surface area contributed by atoms with Crippen molar-refractivity contribution in [3.8, 4) is 0 Å². The minimum Gasteiger partial charge on any atom is -0.356 e. The van der Waals surface area contributed by atoms with E-state index < -0.39 is 0 Å². The lowest BCUT2D eigenvalue weighted by Crippen LogP contribution is -2.03. The maximum atomic E-state index is 5.60. The van der Waals surface area contributed by atoms with Gasteiger partial charge in [0.1, 0.15) is 0 Å². The van der Waals surface area contributed by atoms with Crippen LogP contribution in [-0.4, -0.2) is 22.4 Å². The van der Waals surface area contributed by atoms with Gasteiger partial charge in [0.15, 0.2) is 0 Å². The van der Waals surface area contributed by atoms with Gasteiger partial charge in [-0.05, 0) is 32.1 Å². The summed E-state index contributed by atoms with van der Waals surface area (Å²) in [5.74, 6) is 1.62. The zero-order valence-electron chi connectivity index (χ0n) is 8.27. The molecule has 1 heterocycles. The van der Waals surface area contributed by atoms with Crippen LogP contribution < -0.4 is 5.32 Å². The van der Waals surface area contributed by atoms with Crippen LogP contribution in [0.15, 0.2) is 0 Å². The molecule has 0 radical (unpaired) electrons. The van der Waals surface area contributed by atoms with Crippen molar-refractivity contribution in [3.05, 3.63) is 11.4 Å². The molecule has 0 spiro atoms. The van der Waals surface area contributed by atoms with Crippen LogP contribution in [0.4, 0.5) is 5.95 Å². The van der Waals surface area contributed by atoms with Crippen LogP contribution in [0.1, 0.15) is 30.7 Å². The Bertz CT molecular complexity index is 272. The summed E-state index contributed by atoms with van der Waals surface area (Å²) in [6.45, 7) is 0.899. The molecule has 1 aliphatic carbocycles. The smallest absolute Gasteiger partial charge is 0.200 e. The van der Waals surface area contributed by atoms with Crippen molar-refractivity contribution in [2.24, 2.45) is 0 Å². The highest BCUT2D eigenvalue weighted by Crippen LogP contribution is 2.20. The fourth-order valence-electron chi connectivity index (χ4n) is 1.81. The molecule has 14 heavy (non-hydrogen) atoms. The molecule has 0 atom stereocenters. The lowest BCUT2D eigenvalue weighted by Gasteiger charge is -2.07. The second-order valence-electron chi connectivity index (χ2n) is 3.69. The fourth-order valence-corrected chi connectivity index (χ4v) is 1.94. The van der Waals surface area contributed by atoms with Gasteiger partial charge in [0.25, 0.3) is 0 Å². The summed E-state index contributed by atoms with van der Waals surface area (Å²) in [7, 11) is 0. The number of anilines is 1. The number of nitrogens with zero attached hydrogens (tertiary/aromatic N) is 1. The number of hydrogen-bond acceptors (Lipinski definition) is 2. The second kappa shape index (κ2) is 4.69. The van der Waals surface area contributed by atoms with E-state index in [4.69, 9.17) is 11.6 Å². The number of aromatic nitrogens is 2. The van der Waals surface area contributed by atoms with E-state index in [-0.39, 0.29) is 0 Å². The third-order valence-corrected chi connectivity index (χ3v) is 2.82. The van der Waals surface area contributed by atoms with Crippen LogP contribution in [0, 0.1) is 0 Å². The first kappa shape index (κ1) is 9.84. The van der Waals surface area contributed by atoms with Crippen molar-refractivity contribution < 1.29 is 0 Å². The molecule has 78 valence electrons. The van der Waals surface area contributed by atoms with E-state index in [0.29, 0.717) is 5.88 Å². The summed E-state index contributed by atoms with van der Waals surface area (Å²) in [5, 5.41) is 3.25. The van der Waals surface area contributed by atoms with Gasteiger partial charge in [0.05, 0.1) is 5.69 Å². The molecule has 4 heteroatoms. The number of fused-ring (bicyclic) bond motifs is 1. The molecule has 1 aromatic rings. The molecule has 0 aliphatic heterocycles. The van der Waals surface area contributed by atoms with Crippen LogP contribution in [0.25, 0.3) is 0 Å². The van der Waals surface area contributed by atoms with Crippen molar-refractivity contribution in [2.45, 2.75) is 32.1 Å². The van der Waals surface area contributed by atoms with Gasteiger partial charge in [-0.15, -0.1) is 11.6 Å². The average molecular weight is 214 g/mol. The number of nitrogens with one attached hydrogen (secondary N) is 2. The molecule has 0 saturated heterocycles. The highest BCUT2D eigenvalue weighted by molar-refractivity contribution is 6.17. The van der Waals surface area contributed by atoms with Gasteiger partial charge in [0.2, 0.25) is 5.95 Å². The molecule has 1 aromatic heterocycles. The van der Waals surface area contributed by atoms with Gasteiger partial charge in [-0.2, -0.15) is 0 Å². The van der Waals surface area contributed by atoms with Gasteiger partial charge in [-0.3, -0.25) is 0 Å². The van der Waals surface area contributed by atoms with Crippen LogP contribution in [0.3, 0.4) is 0 Å². The molecule has 2 N–H and O–H groups in total. The van der Waals surface area contributed by atoms with Gasteiger partial charge >= 0.3 is 0 Å². The monoisotopic (exact) mass is 213 g/mol. The van der Waals surface area contributed by atoms with Gasteiger partial charge in [0, 0.05) is 18.1 Å². The molecule has 2 rings (SSSR count). The predicted molar refractivity (Wildman–Crippen MR) is 59.1 cm³/mol. The maximum absolute atomic E-state index is 5.60. The summed E-state index contributed by atoms with van der Waals surface area (Å²) in [6.07, 6.45) is 5.82. The Balaban J connectivity index is 1.94. The van der Waals surface area contributed by atoms with Crippen molar-refractivity contribution in [3.63, 3.8) is 0 Å². The summed E-state index contributed by atoms with van der Waals surface area (Å²) in [6, 6.07) is 0. The quantitative estimate of drug-likeness (QED) is 0.596. The van der Waals surface area contributed by atoms with Crippen LogP contribution in [0.2, 0.25) is 0 Å². The molecule has 0 bridgehead atoms. The third-order valence-electron chi connectivity index (χ3n) is 2.56. The second-order valence-corrected chi connectivity index (χ2v) is 4.07. The molecule has 3 nitrogen and oxygen atoms in total. The topological polar surface area (TPSA) is 40.7 Å². The average Bonchev–Trinajstić information content (AvgIpc) is 2.60. The van der Waals surface area contributed by atoms with Crippen LogP contribution in [0.5, 0.6) is 0 Å². The predicted octanol–water partition coefficient (Wildman–Crippen LogP) is 2.33. The molecule has 0 saturated carbocycles. The molecule has 0 fully saturated rings. The van der Waals surface area contributed by atoms with E-state index in [9.17, 15) is 0 Å². The van der Waals surface area contributed by atoms with E-state index in [1.165, 1.54) is 24.2 Å². The van der Waals surface area contributed by atoms with Gasteiger partial charge in [-0.25, -0.2) is 4.98 Å². The van der Waals surface area contributed by atoms with E-state index in [2.05, 4.69) is 15.3 Å². The molecule has 0 unspecified atom stereocenters. The zero-order chi connectivity index (χ0) is 9.80. The zero-order valence-corrected chi connectivity index (χ0v) is 9.03. The number of aromatic amines is 1. The minimum absolute atomic E-state index is 0.702. The molecular weight excluding hydrogens is 198 g/mol. The van der Waals surface area contributed by atoms with Crippen LogP contribution >= 0.6 is 11.6 Å². The third kappa shape index (κ3) is 2.21. The number of hydrogen-bond donors (Lipinski definition) is 2. The Labute approximate surface area is 89.3 Å². The summed E-state index contributed by atoms with van der Waals surface area (Å²) >= 11 is 5.60. The highest BCUT2D eigenvalue weighted by Gasteiger charge is 2.13. The Kier molecular flexibility index (Phi) is 3.30. The van der Waals surface area contributed by atoms with E-state index >= 15 is 0 Å². The number of alkyl halides is 1. The number of rotatable bonds is 4. The number of halogens is 1. The highest BCUT2D eigenvalue weighted by atomic mass is 35.5.